The van der Waals surface area contributed by atoms with Crippen molar-refractivity contribution in [3.8, 4) is 0 Å². The molecule has 0 bridgehead atoms. The number of likely N-dealkylation sites (tertiary alicyclic amines) is 1. The quantitative estimate of drug-likeness (QED) is 0.465. The molecular formula is C22H31F3N4O4. The number of nitrogens with zero attached hydrogens (tertiary/aromatic N) is 1. The molecule has 2 saturated heterocycles. The first-order valence-corrected chi connectivity index (χ1v) is 11.2. The summed E-state index contributed by atoms with van der Waals surface area (Å²) in [4.78, 5) is 26.8. The van der Waals surface area contributed by atoms with Gasteiger partial charge in [0.05, 0.1) is 30.7 Å². The highest BCUT2D eigenvalue weighted by atomic mass is 19.4. The van der Waals surface area contributed by atoms with Crippen molar-refractivity contribution in [1.82, 2.24) is 15.5 Å². The molecule has 33 heavy (non-hydrogen) atoms. The van der Waals surface area contributed by atoms with Gasteiger partial charge in [-0.3, -0.25) is 4.79 Å². The smallest absolute Gasteiger partial charge is 0.394 e. The molecular weight excluding hydrogens is 441 g/mol. The number of carbonyl (C=O) groups is 2. The van der Waals surface area contributed by atoms with Crippen LogP contribution in [0.1, 0.15) is 37.7 Å². The number of aliphatic hydroxyl groups is 1. The largest absolute Gasteiger partial charge is 0.416 e. The molecule has 0 spiro atoms. The number of benzene rings is 1. The Labute approximate surface area is 190 Å². The summed E-state index contributed by atoms with van der Waals surface area (Å²) in [5.74, 6) is -0.109. The van der Waals surface area contributed by atoms with E-state index in [9.17, 15) is 27.9 Å². The van der Waals surface area contributed by atoms with Gasteiger partial charge < -0.3 is 30.7 Å². The first-order chi connectivity index (χ1) is 15.7. The lowest BCUT2D eigenvalue weighted by atomic mass is 9.97. The zero-order valence-electron chi connectivity index (χ0n) is 18.4. The molecule has 2 aliphatic rings. The van der Waals surface area contributed by atoms with Crippen molar-refractivity contribution in [1.29, 1.82) is 0 Å². The van der Waals surface area contributed by atoms with Gasteiger partial charge in [0.2, 0.25) is 5.91 Å². The number of hydrogen-bond acceptors (Lipinski definition) is 5. The number of amides is 3. The lowest BCUT2D eigenvalue weighted by molar-refractivity contribution is -0.137. The molecule has 1 aromatic rings. The summed E-state index contributed by atoms with van der Waals surface area (Å²) in [6.07, 6.45) is -1.88. The Bertz CT molecular complexity index is 785. The Hall–Kier alpha value is -2.37. The second kappa shape index (κ2) is 11.7. The van der Waals surface area contributed by atoms with Gasteiger partial charge in [0.25, 0.3) is 0 Å². The normalized spacial score (nSPS) is 23.8. The molecule has 4 N–H and O–H groups in total. The fourth-order valence-corrected chi connectivity index (χ4v) is 4.16. The Morgan fingerprint density at radius 3 is 2.45 bits per heavy atom. The molecule has 8 nitrogen and oxygen atoms in total. The zero-order valence-corrected chi connectivity index (χ0v) is 18.4. The van der Waals surface area contributed by atoms with Crippen molar-refractivity contribution >= 4 is 17.6 Å². The lowest BCUT2D eigenvalue weighted by Gasteiger charge is -2.36. The molecule has 3 amide bonds. The number of nitrogens with one attached hydrogen (secondary N) is 3. The highest BCUT2D eigenvalue weighted by Crippen LogP contribution is 2.30. The minimum atomic E-state index is -4.45. The highest BCUT2D eigenvalue weighted by Gasteiger charge is 2.33. The second-order valence-electron chi connectivity index (χ2n) is 8.44. The van der Waals surface area contributed by atoms with Crippen molar-refractivity contribution in [2.24, 2.45) is 0 Å². The van der Waals surface area contributed by atoms with Gasteiger partial charge in [-0.1, -0.05) is 0 Å². The minimum absolute atomic E-state index is 0.109. The number of rotatable bonds is 8. The van der Waals surface area contributed by atoms with E-state index in [1.165, 1.54) is 25.0 Å². The topological polar surface area (TPSA) is 103 Å². The van der Waals surface area contributed by atoms with Crippen LogP contribution in [0.5, 0.6) is 0 Å². The number of halogens is 3. The van der Waals surface area contributed by atoms with Crippen molar-refractivity contribution in [2.45, 2.75) is 56.5 Å². The third-order valence-corrected chi connectivity index (χ3v) is 5.94. The first-order valence-electron chi connectivity index (χ1n) is 11.2. The minimum Gasteiger partial charge on any atom is -0.394 e. The van der Waals surface area contributed by atoms with Crippen molar-refractivity contribution < 1.29 is 32.6 Å². The van der Waals surface area contributed by atoms with Gasteiger partial charge in [-0.15, -0.1) is 0 Å². The van der Waals surface area contributed by atoms with Crippen LogP contribution in [-0.4, -0.2) is 73.0 Å². The maximum absolute atomic E-state index is 12.6. The maximum atomic E-state index is 12.6. The van der Waals surface area contributed by atoms with Gasteiger partial charge in [0.1, 0.15) is 6.10 Å². The Morgan fingerprint density at radius 2 is 1.82 bits per heavy atom. The average molecular weight is 473 g/mol. The molecule has 0 aromatic heterocycles. The molecule has 0 unspecified atom stereocenters. The van der Waals surface area contributed by atoms with Gasteiger partial charge in [-0.05, 0) is 63.0 Å². The van der Waals surface area contributed by atoms with Gasteiger partial charge in [-0.25, -0.2) is 4.79 Å². The SMILES string of the molecule is O=C(C[C@@H]1CC[C@@H](NC(=O)Nc2ccc(C(F)(F)F)cc2)[C@@H](CO)O1)NCCN1CCCC1. The van der Waals surface area contributed by atoms with Crippen LogP contribution in [-0.2, 0) is 15.7 Å². The van der Waals surface area contributed by atoms with Crippen molar-refractivity contribution in [3.05, 3.63) is 29.8 Å². The summed E-state index contributed by atoms with van der Waals surface area (Å²) in [6, 6.07) is 3.01. The fraction of sp³-hybridized carbons (Fsp3) is 0.636. The molecule has 2 fully saturated rings. The molecule has 0 radical (unpaired) electrons. The third kappa shape index (κ3) is 7.86. The number of carbonyl (C=O) groups excluding carboxylic acids is 2. The van der Waals surface area contributed by atoms with Gasteiger partial charge in [0, 0.05) is 18.8 Å². The predicted octanol–water partition coefficient (Wildman–Crippen LogP) is 2.34. The van der Waals surface area contributed by atoms with Crippen molar-refractivity contribution in [2.75, 3.05) is 38.1 Å². The van der Waals surface area contributed by atoms with E-state index in [2.05, 4.69) is 20.9 Å². The van der Waals surface area contributed by atoms with E-state index in [-0.39, 0.29) is 30.7 Å². The molecule has 3 rings (SSSR count). The number of urea groups is 1. The molecule has 2 aliphatic heterocycles. The van der Waals surface area contributed by atoms with Gasteiger partial charge in [0.15, 0.2) is 0 Å². The number of ether oxygens (including phenoxy) is 1. The molecule has 0 aliphatic carbocycles. The van der Waals surface area contributed by atoms with E-state index in [1.807, 2.05) is 0 Å². The van der Waals surface area contributed by atoms with Crippen LogP contribution in [0.15, 0.2) is 24.3 Å². The van der Waals surface area contributed by atoms with Crippen LogP contribution in [0.25, 0.3) is 0 Å². The lowest BCUT2D eigenvalue weighted by Crippen LogP contribution is -2.52. The fourth-order valence-electron chi connectivity index (χ4n) is 4.16. The number of anilines is 1. The number of alkyl halides is 3. The predicted molar refractivity (Wildman–Crippen MR) is 116 cm³/mol. The molecule has 184 valence electrons. The maximum Gasteiger partial charge on any atom is 0.416 e. The monoisotopic (exact) mass is 472 g/mol. The number of aliphatic hydroxyl groups excluding tert-OH is 1. The summed E-state index contributed by atoms with van der Waals surface area (Å²) in [5.41, 5.74) is -0.595. The standard InChI is InChI=1S/C22H31F3N4O4/c23-22(24,25)15-3-5-16(6-4-15)27-21(32)28-18-8-7-17(33-19(18)14-30)13-20(31)26-9-12-29-10-1-2-11-29/h3-6,17-19,30H,1-2,7-14H2,(H,26,31)(H2,27,28,32)/t17-,18+,19+/m0/s1. The summed E-state index contributed by atoms with van der Waals surface area (Å²) >= 11 is 0. The Balaban J connectivity index is 1.40. The Morgan fingerprint density at radius 1 is 1.12 bits per heavy atom. The van der Waals surface area contributed by atoms with Crippen molar-refractivity contribution in [3.63, 3.8) is 0 Å². The summed E-state index contributed by atoms with van der Waals surface area (Å²) < 4.78 is 43.7. The van der Waals surface area contributed by atoms with E-state index >= 15 is 0 Å². The summed E-state index contributed by atoms with van der Waals surface area (Å²) in [7, 11) is 0. The van der Waals surface area contributed by atoms with Crippen LogP contribution >= 0.6 is 0 Å². The second-order valence-corrected chi connectivity index (χ2v) is 8.44. The van der Waals surface area contributed by atoms with E-state index in [0.29, 0.717) is 19.4 Å². The molecule has 0 saturated carbocycles. The zero-order chi connectivity index (χ0) is 23.8. The summed E-state index contributed by atoms with van der Waals surface area (Å²) in [6.45, 7) is 3.22. The van der Waals surface area contributed by atoms with Crippen LogP contribution < -0.4 is 16.0 Å². The summed E-state index contributed by atoms with van der Waals surface area (Å²) in [5, 5.41) is 17.7. The number of hydrogen-bond donors (Lipinski definition) is 4. The van der Waals surface area contributed by atoms with Gasteiger partial charge in [-0.2, -0.15) is 13.2 Å². The molecule has 1 aromatic carbocycles. The Kier molecular flexibility index (Phi) is 8.93. The van der Waals surface area contributed by atoms with E-state index in [0.717, 1.165) is 31.8 Å². The van der Waals surface area contributed by atoms with E-state index in [4.69, 9.17) is 4.74 Å². The van der Waals surface area contributed by atoms with E-state index in [1.54, 1.807) is 0 Å². The average Bonchev–Trinajstić information content (AvgIpc) is 3.28. The molecule has 3 atom stereocenters. The van der Waals surface area contributed by atoms with Crippen LogP contribution in [0.2, 0.25) is 0 Å². The highest BCUT2D eigenvalue weighted by molar-refractivity contribution is 5.89. The third-order valence-electron chi connectivity index (χ3n) is 5.94. The van der Waals surface area contributed by atoms with Crippen LogP contribution in [0, 0.1) is 0 Å². The first kappa shape index (κ1) is 25.3. The van der Waals surface area contributed by atoms with Gasteiger partial charge >= 0.3 is 12.2 Å². The molecule has 2 heterocycles. The molecule has 11 heteroatoms. The van der Waals surface area contributed by atoms with E-state index < -0.39 is 29.9 Å². The van der Waals surface area contributed by atoms with Crippen LogP contribution in [0.3, 0.4) is 0 Å². The van der Waals surface area contributed by atoms with Crippen LogP contribution in [0.4, 0.5) is 23.7 Å².